The highest BCUT2D eigenvalue weighted by Crippen LogP contribution is 2.23. The highest BCUT2D eigenvalue weighted by Gasteiger charge is 2.22. The van der Waals surface area contributed by atoms with Gasteiger partial charge < -0.3 is 0 Å². The standard InChI is InChI=1S/C21H40N2/c1-5-7-8-9-10-11-12-13-14-15-16-20(6-2)21-22-17-18-23(21)19(3)4/h17-20H,5-16H2,1-4H3/p+1/t20-/m0/s1. The molecule has 0 aliphatic rings. The molecule has 0 saturated carbocycles. The molecule has 1 heterocycles. The number of nitrogens with zero attached hydrogens (tertiary/aromatic N) is 1. The summed E-state index contributed by atoms with van der Waals surface area (Å²) < 4.78 is 2.41. The Morgan fingerprint density at radius 3 is 1.96 bits per heavy atom. The van der Waals surface area contributed by atoms with Gasteiger partial charge in [0.25, 0.3) is 5.82 Å². The van der Waals surface area contributed by atoms with Crippen LogP contribution in [-0.2, 0) is 0 Å². The van der Waals surface area contributed by atoms with E-state index in [2.05, 4.69) is 49.6 Å². The van der Waals surface area contributed by atoms with Crippen LogP contribution in [0.25, 0.3) is 0 Å². The number of H-pyrrole nitrogens is 1. The van der Waals surface area contributed by atoms with Crippen molar-refractivity contribution >= 4 is 0 Å². The number of nitrogens with one attached hydrogen (secondary N) is 1. The summed E-state index contributed by atoms with van der Waals surface area (Å²) in [6.45, 7) is 9.15. The van der Waals surface area contributed by atoms with Crippen molar-refractivity contribution in [1.29, 1.82) is 0 Å². The van der Waals surface area contributed by atoms with E-state index in [4.69, 9.17) is 0 Å². The van der Waals surface area contributed by atoms with E-state index in [1.54, 1.807) is 0 Å². The zero-order chi connectivity index (χ0) is 16.9. The second-order valence-corrected chi connectivity index (χ2v) is 7.42. The van der Waals surface area contributed by atoms with Gasteiger partial charge in [-0.3, -0.25) is 0 Å². The molecule has 0 amide bonds. The molecule has 1 rings (SSSR count). The molecule has 0 saturated heterocycles. The molecular formula is C21H41N2+. The molecule has 23 heavy (non-hydrogen) atoms. The van der Waals surface area contributed by atoms with Gasteiger partial charge in [0.15, 0.2) is 0 Å². The minimum Gasteiger partial charge on any atom is -0.247 e. The number of unbranched alkanes of at least 4 members (excludes halogenated alkanes) is 9. The zero-order valence-electron chi connectivity index (χ0n) is 16.2. The first-order chi connectivity index (χ1) is 11.2. The Labute approximate surface area is 145 Å². The molecule has 1 aromatic rings. The van der Waals surface area contributed by atoms with Crippen molar-refractivity contribution in [3.8, 4) is 0 Å². The molecule has 1 aromatic heterocycles. The Hall–Kier alpha value is -0.790. The number of aromatic amines is 1. The lowest BCUT2D eigenvalue weighted by Gasteiger charge is -2.13. The van der Waals surface area contributed by atoms with Crippen molar-refractivity contribution in [2.75, 3.05) is 0 Å². The van der Waals surface area contributed by atoms with Gasteiger partial charge in [0.05, 0.1) is 12.0 Å². The summed E-state index contributed by atoms with van der Waals surface area (Å²) >= 11 is 0. The topological polar surface area (TPSA) is 19.7 Å². The van der Waals surface area contributed by atoms with E-state index in [0.717, 1.165) is 0 Å². The Kier molecular flexibility index (Phi) is 11.1. The number of hydrogen-bond acceptors (Lipinski definition) is 0. The van der Waals surface area contributed by atoms with E-state index in [1.165, 1.54) is 82.9 Å². The quantitative estimate of drug-likeness (QED) is 0.291. The van der Waals surface area contributed by atoms with Gasteiger partial charge in [0.1, 0.15) is 12.4 Å². The first kappa shape index (κ1) is 20.3. The summed E-state index contributed by atoms with van der Waals surface area (Å²) in [5.74, 6) is 2.12. The van der Waals surface area contributed by atoms with Crippen LogP contribution in [0.1, 0.15) is 123 Å². The maximum absolute atomic E-state index is 3.49. The lowest BCUT2D eigenvalue weighted by Crippen LogP contribution is -2.39. The van der Waals surface area contributed by atoms with Crippen molar-refractivity contribution in [1.82, 2.24) is 4.98 Å². The van der Waals surface area contributed by atoms with Crippen LogP contribution in [-0.4, -0.2) is 4.98 Å². The maximum Gasteiger partial charge on any atom is 0.257 e. The normalized spacial score (nSPS) is 12.9. The Morgan fingerprint density at radius 1 is 0.870 bits per heavy atom. The van der Waals surface area contributed by atoms with E-state index < -0.39 is 0 Å². The average Bonchev–Trinajstić information content (AvgIpc) is 3.02. The molecular weight excluding hydrogens is 280 g/mol. The molecule has 0 aromatic carbocycles. The summed E-state index contributed by atoms with van der Waals surface area (Å²) in [6, 6.07) is 0.554. The van der Waals surface area contributed by atoms with E-state index in [9.17, 15) is 0 Å². The first-order valence-corrected chi connectivity index (χ1v) is 10.3. The van der Waals surface area contributed by atoms with Crippen LogP contribution in [0, 0.1) is 0 Å². The SMILES string of the molecule is CCCCCCCCCCCC[C@H](CC)c1[nH]cc[n+]1C(C)C. The molecule has 1 atom stereocenters. The minimum absolute atomic E-state index is 0.554. The van der Waals surface area contributed by atoms with Gasteiger partial charge in [0, 0.05) is 0 Å². The zero-order valence-corrected chi connectivity index (χ0v) is 16.2. The van der Waals surface area contributed by atoms with Crippen molar-refractivity contribution in [3.63, 3.8) is 0 Å². The fourth-order valence-electron chi connectivity index (χ4n) is 3.55. The molecule has 0 spiro atoms. The van der Waals surface area contributed by atoms with Gasteiger partial charge in [-0.25, -0.2) is 9.55 Å². The van der Waals surface area contributed by atoms with Gasteiger partial charge >= 0.3 is 0 Å². The maximum atomic E-state index is 3.49. The predicted molar refractivity (Wildman–Crippen MR) is 101 cm³/mol. The number of rotatable bonds is 14. The highest BCUT2D eigenvalue weighted by atomic mass is 15.1. The lowest BCUT2D eigenvalue weighted by molar-refractivity contribution is -0.723. The molecule has 0 aliphatic carbocycles. The molecule has 1 N–H and O–H groups in total. The van der Waals surface area contributed by atoms with E-state index >= 15 is 0 Å². The van der Waals surface area contributed by atoms with Crippen LogP contribution in [0.15, 0.2) is 12.4 Å². The average molecular weight is 322 g/mol. The third kappa shape index (κ3) is 8.04. The number of hydrogen-bond donors (Lipinski definition) is 1. The van der Waals surface area contributed by atoms with Crippen molar-refractivity contribution < 1.29 is 4.57 Å². The van der Waals surface area contributed by atoms with Crippen molar-refractivity contribution in [2.45, 2.75) is 117 Å². The van der Waals surface area contributed by atoms with Gasteiger partial charge in [0.2, 0.25) is 0 Å². The third-order valence-corrected chi connectivity index (χ3v) is 5.09. The summed E-state index contributed by atoms with van der Waals surface area (Å²) in [4.78, 5) is 3.49. The first-order valence-electron chi connectivity index (χ1n) is 10.3. The predicted octanol–water partition coefficient (Wildman–Crippen LogP) is 6.69. The number of aromatic nitrogens is 2. The molecule has 0 radical (unpaired) electrons. The van der Waals surface area contributed by atoms with Gasteiger partial charge in [-0.05, 0) is 26.7 Å². The molecule has 134 valence electrons. The molecule has 0 bridgehead atoms. The second-order valence-electron chi connectivity index (χ2n) is 7.42. The van der Waals surface area contributed by atoms with Gasteiger partial charge in [-0.15, -0.1) is 0 Å². The largest absolute Gasteiger partial charge is 0.257 e. The van der Waals surface area contributed by atoms with E-state index in [1.807, 2.05) is 0 Å². The minimum atomic E-state index is 0.554. The summed E-state index contributed by atoms with van der Waals surface area (Å²) in [7, 11) is 0. The molecule has 0 fully saturated rings. The van der Waals surface area contributed by atoms with Gasteiger partial charge in [-0.2, -0.15) is 0 Å². The molecule has 2 nitrogen and oxygen atoms in total. The molecule has 0 unspecified atom stereocenters. The Morgan fingerprint density at radius 2 is 1.43 bits per heavy atom. The Bertz CT molecular complexity index is 381. The summed E-state index contributed by atoms with van der Waals surface area (Å²) in [5.41, 5.74) is 0. The van der Waals surface area contributed by atoms with E-state index in [-0.39, 0.29) is 0 Å². The third-order valence-electron chi connectivity index (χ3n) is 5.09. The van der Waals surface area contributed by atoms with Crippen LogP contribution in [0.3, 0.4) is 0 Å². The van der Waals surface area contributed by atoms with Crippen LogP contribution in [0.5, 0.6) is 0 Å². The molecule has 0 aliphatic heterocycles. The lowest BCUT2D eigenvalue weighted by atomic mass is 9.96. The fourth-order valence-corrected chi connectivity index (χ4v) is 3.55. The Balaban J connectivity index is 2.12. The molecule has 2 heteroatoms. The monoisotopic (exact) mass is 321 g/mol. The van der Waals surface area contributed by atoms with Crippen LogP contribution < -0.4 is 4.57 Å². The number of imidazole rings is 1. The van der Waals surface area contributed by atoms with Gasteiger partial charge in [-0.1, -0.05) is 78.1 Å². The van der Waals surface area contributed by atoms with Crippen molar-refractivity contribution in [2.24, 2.45) is 0 Å². The second kappa shape index (κ2) is 12.6. The smallest absolute Gasteiger partial charge is 0.247 e. The summed E-state index contributed by atoms with van der Waals surface area (Å²) in [6.07, 6.45) is 21.1. The van der Waals surface area contributed by atoms with Crippen LogP contribution in [0.2, 0.25) is 0 Å². The van der Waals surface area contributed by atoms with Crippen molar-refractivity contribution in [3.05, 3.63) is 18.2 Å². The van der Waals surface area contributed by atoms with E-state index in [0.29, 0.717) is 12.0 Å². The van der Waals surface area contributed by atoms with Crippen LogP contribution in [0.4, 0.5) is 0 Å². The fraction of sp³-hybridized carbons (Fsp3) is 0.857. The highest BCUT2D eigenvalue weighted by molar-refractivity contribution is 4.89. The summed E-state index contributed by atoms with van der Waals surface area (Å²) in [5, 5.41) is 0. The van der Waals surface area contributed by atoms with Crippen LogP contribution >= 0.6 is 0 Å².